The Hall–Kier alpha value is -1.28. The van der Waals surface area contributed by atoms with Gasteiger partial charge in [0.15, 0.2) is 0 Å². The number of aliphatic hydroxyl groups is 1. The first-order chi connectivity index (χ1) is 8.64. The molecule has 8 heteroatoms. The normalized spacial score (nSPS) is 11.8. The van der Waals surface area contributed by atoms with E-state index in [1.165, 1.54) is 0 Å². The first kappa shape index (κ1) is 17.7. The van der Waals surface area contributed by atoms with E-state index in [0.29, 0.717) is 0 Å². The molecule has 0 aromatic carbocycles. The van der Waals surface area contributed by atoms with Gasteiger partial charge in [0.25, 0.3) is 6.43 Å². The number of alkyl halides is 2. The van der Waals surface area contributed by atoms with Gasteiger partial charge in [-0.05, 0) is 20.8 Å². The van der Waals surface area contributed by atoms with Crippen molar-refractivity contribution in [1.29, 1.82) is 0 Å². The topological polar surface area (TPSA) is 81.7 Å². The number of amides is 3. The van der Waals surface area contributed by atoms with Crippen molar-refractivity contribution in [2.75, 3.05) is 26.2 Å². The van der Waals surface area contributed by atoms with Gasteiger partial charge in [0.05, 0.1) is 19.7 Å². The standard InChI is InChI=1S/C11H21F2N3O3/c1-11(2,3)15-10(19)14-9(18)7-16(4-5-17)6-8(12)13/h8,17H,4-7H2,1-3H3,(H2,14,15,18,19). The lowest BCUT2D eigenvalue weighted by Gasteiger charge is -2.22. The van der Waals surface area contributed by atoms with E-state index in [1.807, 2.05) is 5.32 Å². The van der Waals surface area contributed by atoms with Gasteiger partial charge in [0.1, 0.15) is 0 Å². The third-order valence-corrected chi connectivity index (χ3v) is 1.92. The van der Waals surface area contributed by atoms with E-state index >= 15 is 0 Å². The van der Waals surface area contributed by atoms with E-state index in [9.17, 15) is 18.4 Å². The molecule has 0 aromatic heterocycles. The van der Waals surface area contributed by atoms with E-state index in [-0.39, 0.29) is 19.7 Å². The number of rotatable bonds is 6. The number of urea groups is 1. The Bertz CT molecular complexity index is 306. The summed E-state index contributed by atoms with van der Waals surface area (Å²) in [5.74, 6) is -0.698. The Morgan fingerprint density at radius 2 is 1.89 bits per heavy atom. The molecule has 0 heterocycles. The summed E-state index contributed by atoms with van der Waals surface area (Å²) in [4.78, 5) is 23.9. The number of carbonyl (C=O) groups excluding carboxylic acids is 2. The summed E-state index contributed by atoms with van der Waals surface area (Å²) in [7, 11) is 0. The van der Waals surface area contributed by atoms with E-state index < -0.39 is 30.4 Å². The van der Waals surface area contributed by atoms with Crippen molar-refractivity contribution in [3.63, 3.8) is 0 Å². The fraction of sp³-hybridized carbons (Fsp3) is 0.818. The van der Waals surface area contributed by atoms with Gasteiger partial charge in [-0.25, -0.2) is 13.6 Å². The van der Waals surface area contributed by atoms with Crippen LogP contribution in [0, 0.1) is 0 Å². The Morgan fingerprint density at radius 3 is 2.32 bits per heavy atom. The molecular formula is C11H21F2N3O3. The molecule has 0 spiro atoms. The fourth-order valence-corrected chi connectivity index (χ4v) is 1.31. The number of hydrogen-bond acceptors (Lipinski definition) is 4. The maximum Gasteiger partial charge on any atom is 0.321 e. The van der Waals surface area contributed by atoms with Crippen LogP contribution >= 0.6 is 0 Å². The molecule has 6 nitrogen and oxygen atoms in total. The first-order valence-corrected chi connectivity index (χ1v) is 5.87. The number of nitrogens with one attached hydrogen (secondary N) is 2. The van der Waals surface area contributed by atoms with Crippen LogP contribution in [0.4, 0.5) is 13.6 Å². The summed E-state index contributed by atoms with van der Waals surface area (Å²) in [6.45, 7) is 3.83. The number of halogens is 2. The zero-order chi connectivity index (χ0) is 15.1. The average Bonchev–Trinajstić information content (AvgIpc) is 2.12. The van der Waals surface area contributed by atoms with Crippen LogP contribution < -0.4 is 10.6 Å². The summed E-state index contributed by atoms with van der Waals surface area (Å²) < 4.78 is 24.4. The summed E-state index contributed by atoms with van der Waals surface area (Å²) in [5, 5.41) is 13.3. The monoisotopic (exact) mass is 281 g/mol. The Labute approximate surface area is 111 Å². The lowest BCUT2D eigenvalue weighted by Crippen LogP contribution is -2.50. The fourth-order valence-electron chi connectivity index (χ4n) is 1.31. The van der Waals surface area contributed by atoms with Gasteiger partial charge in [-0.15, -0.1) is 0 Å². The van der Waals surface area contributed by atoms with Crippen LogP contribution in [0.25, 0.3) is 0 Å². The van der Waals surface area contributed by atoms with Crippen LogP contribution in [-0.2, 0) is 4.79 Å². The van der Waals surface area contributed by atoms with E-state index in [0.717, 1.165) is 4.90 Å². The lowest BCUT2D eigenvalue weighted by molar-refractivity contribution is -0.121. The average molecular weight is 281 g/mol. The molecule has 0 saturated carbocycles. The summed E-state index contributed by atoms with van der Waals surface area (Å²) in [6, 6.07) is -0.682. The molecule has 112 valence electrons. The lowest BCUT2D eigenvalue weighted by atomic mass is 10.1. The van der Waals surface area contributed by atoms with Gasteiger partial charge < -0.3 is 10.4 Å². The van der Waals surface area contributed by atoms with Crippen LogP contribution in [0.5, 0.6) is 0 Å². The van der Waals surface area contributed by atoms with Crippen molar-refractivity contribution >= 4 is 11.9 Å². The molecule has 0 aliphatic carbocycles. The Morgan fingerprint density at radius 1 is 1.32 bits per heavy atom. The van der Waals surface area contributed by atoms with Crippen molar-refractivity contribution in [1.82, 2.24) is 15.5 Å². The number of nitrogens with zero attached hydrogens (tertiary/aromatic N) is 1. The number of aliphatic hydroxyl groups excluding tert-OH is 1. The third-order valence-electron chi connectivity index (χ3n) is 1.92. The van der Waals surface area contributed by atoms with Gasteiger partial charge >= 0.3 is 6.03 Å². The summed E-state index contributed by atoms with van der Waals surface area (Å²) >= 11 is 0. The Kier molecular flexibility index (Phi) is 7.47. The quantitative estimate of drug-likeness (QED) is 0.648. The predicted octanol–water partition coefficient (Wildman–Crippen LogP) is 0.170. The SMILES string of the molecule is CC(C)(C)NC(=O)NC(=O)CN(CCO)CC(F)F. The van der Waals surface area contributed by atoms with Crippen molar-refractivity contribution in [2.45, 2.75) is 32.7 Å². The smallest absolute Gasteiger partial charge is 0.321 e. The highest BCUT2D eigenvalue weighted by Gasteiger charge is 2.19. The second-order valence-corrected chi connectivity index (χ2v) is 5.10. The van der Waals surface area contributed by atoms with Gasteiger partial charge in [-0.2, -0.15) is 0 Å². The second kappa shape index (κ2) is 8.00. The van der Waals surface area contributed by atoms with Crippen LogP contribution in [-0.4, -0.2) is 60.2 Å². The first-order valence-electron chi connectivity index (χ1n) is 5.87. The molecule has 0 unspecified atom stereocenters. The van der Waals surface area contributed by atoms with Crippen LogP contribution in [0.15, 0.2) is 0 Å². The molecule has 0 bridgehead atoms. The minimum absolute atomic E-state index is 0.0569. The number of imide groups is 1. The van der Waals surface area contributed by atoms with Crippen LogP contribution in [0.2, 0.25) is 0 Å². The number of carbonyl (C=O) groups is 2. The molecule has 3 amide bonds. The zero-order valence-corrected chi connectivity index (χ0v) is 11.4. The number of hydrogen-bond donors (Lipinski definition) is 3. The predicted molar refractivity (Wildman–Crippen MR) is 66.0 cm³/mol. The molecule has 0 saturated heterocycles. The minimum atomic E-state index is -2.61. The largest absolute Gasteiger partial charge is 0.395 e. The molecule has 0 rings (SSSR count). The van der Waals surface area contributed by atoms with Crippen molar-refractivity contribution < 1.29 is 23.5 Å². The van der Waals surface area contributed by atoms with Crippen LogP contribution in [0.3, 0.4) is 0 Å². The van der Waals surface area contributed by atoms with Gasteiger partial charge in [-0.3, -0.25) is 15.0 Å². The minimum Gasteiger partial charge on any atom is -0.395 e. The van der Waals surface area contributed by atoms with E-state index in [2.05, 4.69) is 5.32 Å². The zero-order valence-electron chi connectivity index (χ0n) is 11.4. The molecule has 0 fully saturated rings. The molecule has 3 N–H and O–H groups in total. The summed E-state index contributed by atoms with van der Waals surface area (Å²) in [6.07, 6.45) is -2.61. The Balaban J connectivity index is 4.22. The molecular weight excluding hydrogens is 260 g/mol. The van der Waals surface area contributed by atoms with E-state index in [4.69, 9.17) is 5.11 Å². The second-order valence-electron chi connectivity index (χ2n) is 5.10. The molecule has 0 aliphatic rings. The maximum atomic E-state index is 12.2. The highest BCUT2D eigenvalue weighted by atomic mass is 19.3. The molecule has 0 aliphatic heterocycles. The maximum absolute atomic E-state index is 12.2. The van der Waals surface area contributed by atoms with Gasteiger partial charge in [-0.1, -0.05) is 0 Å². The molecule has 0 aromatic rings. The van der Waals surface area contributed by atoms with Crippen LogP contribution in [0.1, 0.15) is 20.8 Å². The highest BCUT2D eigenvalue weighted by molar-refractivity contribution is 5.95. The van der Waals surface area contributed by atoms with Crippen molar-refractivity contribution in [2.24, 2.45) is 0 Å². The van der Waals surface area contributed by atoms with Crippen molar-refractivity contribution in [3.8, 4) is 0 Å². The van der Waals surface area contributed by atoms with E-state index in [1.54, 1.807) is 20.8 Å². The van der Waals surface area contributed by atoms with Crippen molar-refractivity contribution in [3.05, 3.63) is 0 Å². The highest BCUT2D eigenvalue weighted by Crippen LogP contribution is 1.99. The third kappa shape index (κ3) is 10.3. The summed E-state index contributed by atoms with van der Waals surface area (Å²) in [5.41, 5.74) is -0.502. The molecule has 19 heavy (non-hydrogen) atoms. The van der Waals surface area contributed by atoms with Gasteiger partial charge in [0.2, 0.25) is 5.91 Å². The molecule has 0 radical (unpaired) electrons. The molecule has 0 atom stereocenters. The van der Waals surface area contributed by atoms with Gasteiger partial charge in [0, 0.05) is 12.1 Å².